The molecule has 11 heteroatoms. The van der Waals surface area contributed by atoms with Crippen molar-refractivity contribution in [1.29, 1.82) is 0 Å². The number of methoxy groups -OCH3 is 1. The molecule has 1 aliphatic carbocycles. The molecule has 4 N–H and O–H groups in total. The minimum Gasteiger partial charge on any atom is -0.467 e. The number of piperidine rings is 1. The van der Waals surface area contributed by atoms with Gasteiger partial charge in [-0.25, -0.2) is 9.59 Å². The normalized spacial score (nSPS) is 26.3. The molecule has 11 nitrogen and oxygen atoms in total. The van der Waals surface area contributed by atoms with Gasteiger partial charge in [0.1, 0.15) is 6.04 Å². The number of hydrogen-bond acceptors (Lipinski definition) is 8. The van der Waals surface area contributed by atoms with Crippen LogP contribution in [0.4, 0.5) is 10.5 Å². The Balaban J connectivity index is 1.25. The van der Waals surface area contributed by atoms with E-state index in [9.17, 15) is 19.5 Å². The van der Waals surface area contributed by atoms with E-state index in [2.05, 4.69) is 27.8 Å². The summed E-state index contributed by atoms with van der Waals surface area (Å²) in [6.07, 6.45) is 5.36. The zero-order chi connectivity index (χ0) is 39.1. The van der Waals surface area contributed by atoms with Crippen LogP contribution in [0.15, 0.2) is 78.9 Å². The first kappa shape index (κ1) is 40.4. The maximum Gasteiger partial charge on any atom is 0.328 e. The van der Waals surface area contributed by atoms with Crippen LogP contribution in [0, 0.1) is 11.8 Å². The fourth-order valence-electron chi connectivity index (χ4n) is 8.54. The topological polar surface area (TPSA) is 138 Å². The molecular weight excluding hydrogens is 697 g/mol. The molecule has 8 atom stereocenters. The number of hydrogen-bond donors (Lipinski definition) is 4. The number of amides is 3. The number of urea groups is 1. The summed E-state index contributed by atoms with van der Waals surface area (Å²) in [7, 11) is 1.30. The molecule has 0 radical (unpaired) electrons. The largest absolute Gasteiger partial charge is 0.467 e. The number of ether oxygens (including phenoxy) is 3. The smallest absolute Gasteiger partial charge is 0.328 e. The highest BCUT2D eigenvalue weighted by atomic mass is 16.7. The van der Waals surface area contributed by atoms with Gasteiger partial charge in [0.2, 0.25) is 5.91 Å². The molecule has 55 heavy (non-hydrogen) atoms. The van der Waals surface area contributed by atoms with Crippen LogP contribution in [0.2, 0.25) is 0 Å². The number of fused-ring (bicyclic) bond motifs is 1. The predicted octanol–water partition coefficient (Wildman–Crippen LogP) is 6.81. The van der Waals surface area contributed by atoms with Gasteiger partial charge < -0.3 is 35.3 Å². The minimum atomic E-state index is -0.881. The SMILES string of the molecule is COC(=O)C(Cc1ccccc1)NC(=O)Nc1cccc(C2OC(CN3C(C(=O)NC(C)(C)C)CCC4CCCCC43)C(C)C(c3ccc(CO)cc3)O2)c1. The molecule has 0 bridgehead atoms. The number of carbonyl (C=O) groups excluding carboxylic acids is 3. The van der Waals surface area contributed by atoms with E-state index in [1.807, 2.05) is 93.6 Å². The van der Waals surface area contributed by atoms with Gasteiger partial charge in [0.15, 0.2) is 6.29 Å². The summed E-state index contributed by atoms with van der Waals surface area (Å²) in [5.74, 6) is 0.0135. The summed E-state index contributed by atoms with van der Waals surface area (Å²) < 4.78 is 18.7. The van der Waals surface area contributed by atoms with Crippen molar-refractivity contribution in [3.63, 3.8) is 0 Å². The molecular formula is C44H58N4O7. The first-order valence-electron chi connectivity index (χ1n) is 19.8. The first-order valence-corrected chi connectivity index (χ1v) is 19.8. The number of likely N-dealkylation sites (tertiary alicyclic amines) is 1. The van der Waals surface area contributed by atoms with E-state index < -0.39 is 24.3 Å². The van der Waals surface area contributed by atoms with Crippen LogP contribution >= 0.6 is 0 Å². The van der Waals surface area contributed by atoms with Crippen LogP contribution in [0.3, 0.4) is 0 Å². The number of aliphatic hydroxyl groups excluding tert-OH is 1. The van der Waals surface area contributed by atoms with Crippen molar-refractivity contribution < 1.29 is 33.7 Å². The lowest BCUT2D eigenvalue weighted by Crippen LogP contribution is -2.61. The van der Waals surface area contributed by atoms with Crippen molar-refractivity contribution in [1.82, 2.24) is 15.5 Å². The minimum absolute atomic E-state index is 0.0503. The summed E-state index contributed by atoms with van der Waals surface area (Å²) >= 11 is 0. The molecule has 2 heterocycles. The average molecular weight is 755 g/mol. The number of esters is 1. The average Bonchev–Trinajstić information content (AvgIpc) is 3.18. The zero-order valence-electron chi connectivity index (χ0n) is 32.8. The van der Waals surface area contributed by atoms with Gasteiger partial charge in [-0.1, -0.05) is 86.5 Å². The number of aliphatic hydroxyl groups is 1. The maximum atomic E-state index is 13.9. The first-order chi connectivity index (χ1) is 26.4. The number of rotatable bonds is 11. The monoisotopic (exact) mass is 754 g/mol. The Hall–Kier alpha value is -4.29. The zero-order valence-corrected chi connectivity index (χ0v) is 32.8. The van der Waals surface area contributed by atoms with Crippen LogP contribution in [0.1, 0.15) is 101 Å². The lowest BCUT2D eigenvalue weighted by molar-refractivity contribution is -0.278. The lowest BCUT2D eigenvalue weighted by atomic mass is 9.75. The Kier molecular flexibility index (Phi) is 13.3. The molecule has 3 aliphatic rings. The molecule has 6 rings (SSSR count). The van der Waals surface area contributed by atoms with Gasteiger partial charge in [0.05, 0.1) is 32.0 Å². The molecule has 0 spiro atoms. The molecule has 1 saturated carbocycles. The van der Waals surface area contributed by atoms with E-state index in [1.165, 1.54) is 20.0 Å². The van der Waals surface area contributed by atoms with Gasteiger partial charge >= 0.3 is 12.0 Å². The number of nitrogens with zero attached hydrogens (tertiary/aromatic N) is 1. The van der Waals surface area contributed by atoms with Crippen molar-refractivity contribution in [2.45, 2.75) is 121 Å². The van der Waals surface area contributed by atoms with Crippen LogP contribution in [-0.4, -0.2) is 71.3 Å². The van der Waals surface area contributed by atoms with Crippen molar-refractivity contribution in [3.8, 4) is 0 Å². The van der Waals surface area contributed by atoms with Crippen LogP contribution in [0.25, 0.3) is 0 Å². The number of nitrogens with one attached hydrogen (secondary N) is 3. The standard InChI is InChI=1S/C44H58N4O7/c1-28-38(26-48-36-17-10-9-14-31(36)22-23-37(48)40(50)47-44(2,3)4)54-42(55-39(28)32-20-18-30(27-49)19-21-32)33-15-11-16-34(25-33)45-43(52)46-35(41(51)53-5)24-29-12-7-6-8-13-29/h6-8,11-13,15-16,18-21,25,28,31,35-39,42,49H,9-10,14,17,22-24,26-27H2,1-5H3,(H,47,50)(H2,45,46,52). The molecule has 3 amide bonds. The summed E-state index contributed by atoms with van der Waals surface area (Å²) in [4.78, 5) is 42.2. The second-order valence-corrected chi connectivity index (χ2v) is 16.5. The molecule has 3 aromatic carbocycles. The molecule has 3 fully saturated rings. The molecule has 3 aromatic rings. The highest BCUT2D eigenvalue weighted by Crippen LogP contribution is 2.44. The fourth-order valence-corrected chi connectivity index (χ4v) is 8.54. The summed E-state index contributed by atoms with van der Waals surface area (Å²) in [6, 6.07) is 23.2. The Labute approximate surface area is 325 Å². The van der Waals surface area contributed by atoms with Gasteiger partial charge in [0.25, 0.3) is 0 Å². The van der Waals surface area contributed by atoms with E-state index in [0.717, 1.165) is 47.9 Å². The van der Waals surface area contributed by atoms with Crippen LogP contribution < -0.4 is 16.0 Å². The van der Waals surface area contributed by atoms with Crippen molar-refractivity contribution in [3.05, 3.63) is 101 Å². The Bertz CT molecular complexity index is 1750. The van der Waals surface area contributed by atoms with E-state index in [1.54, 1.807) is 6.07 Å². The number of carbonyl (C=O) groups is 3. The third-order valence-electron chi connectivity index (χ3n) is 11.3. The fraction of sp³-hybridized carbons (Fsp3) is 0.523. The van der Waals surface area contributed by atoms with Gasteiger partial charge in [-0.3, -0.25) is 9.69 Å². The van der Waals surface area contributed by atoms with Gasteiger partial charge in [-0.15, -0.1) is 0 Å². The highest BCUT2D eigenvalue weighted by molar-refractivity contribution is 5.92. The van der Waals surface area contributed by atoms with Gasteiger partial charge in [0, 0.05) is 41.7 Å². The quantitative estimate of drug-likeness (QED) is 0.157. The van der Waals surface area contributed by atoms with E-state index in [-0.39, 0.29) is 48.6 Å². The summed E-state index contributed by atoms with van der Waals surface area (Å²) in [5.41, 5.74) is 3.56. The maximum absolute atomic E-state index is 13.9. The van der Waals surface area contributed by atoms with E-state index in [4.69, 9.17) is 14.2 Å². The van der Waals surface area contributed by atoms with E-state index in [0.29, 0.717) is 24.2 Å². The molecule has 2 aliphatic heterocycles. The second-order valence-electron chi connectivity index (χ2n) is 16.5. The molecule has 0 aromatic heterocycles. The Morgan fingerprint density at radius 2 is 1.64 bits per heavy atom. The second kappa shape index (κ2) is 18.1. The van der Waals surface area contributed by atoms with E-state index >= 15 is 0 Å². The van der Waals surface area contributed by atoms with Crippen LogP contribution in [-0.2, 0) is 36.8 Å². The summed E-state index contributed by atoms with van der Waals surface area (Å²) in [6.45, 7) is 8.75. The Morgan fingerprint density at radius 1 is 0.891 bits per heavy atom. The van der Waals surface area contributed by atoms with Gasteiger partial charge in [-0.2, -0.15) is 0 Å². The van der Waals surface area contributed by atoms with Crippen molar-refractivity contribution in [2.24, 2.45) is 11.8 Å². The molecule has 296 valence electrons. The van der Waals surface area contributed by atoms with Crippen LogP contribution in [0.5, 0.6) is 0 Å². The number of anilines is 1. The highest BCUT2D eigenvalue weighted by Gasteiger charge is 2.46. The van der Waals surface area contributed by atoms with Crippen molar-refractivity contribution in [2.75, 3.05) is 19.0 Å². The number of benzene rings is 3. The molecule has 8 unspecified atom stereocenters. The predicted molar refractivity (Wildman–Crippen MR) is 211 cm³/mol. The summed E-state index contributed by atoms with van der Waals surface area (Å²) in [5, 5.41) is 18.6. The third kappa shape index (κ3) is 10.3. The Morgan fingerprint density at radius 3 is 2.35 bits per heavy atom. The third-order valence-corrected chi connectivity index (χ3v) is 11.3. The van der Waals surface area contributed by atoms with Crippen molar-refractivity contribution >= 4 is 23.6 Å². The lowest BCUT2D eigenvalue weighted by Gasteiger charge is -2.51. The van der Waals surface area contributed by atoms with Gasteiger partial charge in [-0.05, 0) is 81.2 Å². The molecule has 2 saturated heterocycles.